The van der Waals surface area contributed by atoms with E-state index in [1.165, 1.54) is 12.1 Å². The molecular weight excluding hydrogens is 375 g/mol. The Hall–Kier alpha value is -2.86. The topological polar surface area (TPSA) is 78.8 Å². The highest BCUT2D eigenvalue weighted by Gasteiger charge is 2.25. The summed E-state index contributed by atoms with van der Waals surface area (Å²) in [6, 6.07) is 8.10. The normalized spacial score (nSPS) is 11.8. The van der Waals surface area contributed by atoms with Crippen molar-refractivity contribution >= 4 is 17.2 Å². The van der Waals surface area contributed by atoms with Crippen molar-refractivity contribution in [2.75, 3.05) is 0 Å². The van der Waals surface area contributed by atoms with Crippen LogP contribution in [0.15, 0.2) is 40.9 Å². The number of rotatable bonds is 5. The molecule has 4 nitrogen and oxygen atoms in total. The minimum absolute atomic E-state index is 0.0580. The van der Waals surface area contributed by atoms with E-state index in [-0.39, 0.29) is 17.4 Å². The maximum Gasteiger partial charge on any atom is 0.170 e. The lowest BCUT2D eigenvalue weighted by atomic mass is 9.85. The summed E-state index contributed by atoms with van der Waals surface area (Å²) in [5.41, 5.74) is 10.6. The van der Waals surface area contributed by atoms with Crippen molar-refractivity contribution in [1.29, 1.82) is 0 Å². The van der Waals surface area contributed by atoms with Crippen molar-refractivity contribution in [3.05, 3.63) is 63.1 Å². The van der Waals surface area contributed by atoms with Crippen molar-refractivity contribution in [3.63, 3.8) is 0 Å². The van der Waals surface area contributed by atoms with Crippen LogP contribution < -0.4 is 5.73 Å². The van der Waals surface area contributed by atoms with Gasteiger partial charge in [-0.2, -0.15) is 0 Å². The number of phenols is 1. The summed E-state index contributed by atoms with van der Waals surface area (Å²) in [6.07, 6.45) is 1.29. The zero-order valence-corrected chi connectivity index (χ0v) is 16.9. The second-order valence-electron chi connectivity index (χ2n) is 6.78. The number of oxime groups is 1. The van der Waals surface area contributed by atoms with Crippen molar-refractivity contribution in [3.8, 4) is 28.0 Å². The molecule has 0 radical (unpaired) electrons. The number of phenolic OH excluding ortho intramolecular Hbond substituents is 1. The summed E-state index contributed by atoms with van der Waals surface area (Å²) in [5, 5.41) is 24.3. The third-order valence-corrected chi connectivity index (χ3v) is 5.84. The third-order valence-electron chi connectivity index (χ3n) is 4.81. The Kier molecular flexibility index (Phi) is 5.70. The second-order valence-corrected chi connectivity index (χ2v) is 7.86. The third kappa shape index (κ3) is 3.47. The van der Waals surface area contributed by atoms with E-state index in [4.69, 9.17) is 5.73 Å². The van der Waals surface area contributed by atoms with Gasteiger partial charge in [-0.05, 0) is 66.1 Å². The lowest BCUT2D eigenvalue weighted by molar-refractivity contribution is 0.318. The number of thiophene rings is 1. The van der Waals surface area contributed by atoms with Gasteiger partial charge in [0, 0.05) is 21.6 Å². The number of amidine groups is 1. The van der Waals surface area contributed by atoms with Crippen LogP contribution in [0, 0.1) is 19.7 Å². The Labute approximate surface area is 167 Å². The highest BCUT2D eigenvalue weighted by atomic mass is 32.1. The van der Waals surface area contributed by atoms with Crippen LogP contribution in [0.2, 0.25) is 0 Å². The van der Waals surface area contributed by atoms with Crippen LogP contribution >= 0.6 is 11.3 Å². The lowest BCUT2D eigenvalue weighted by Gasteiger charge is -2.20. The summed E-state index contributed by atoms with van der Waals surface area (Å²) in [5.74, 6) is -0.269. The number of halogens is 1. The van der Waals surface area contributed by atoms with Crippen LogP contribution in [0.5, 0.6) is 5.75 Å². The van der Waals surface area contributed by atoms with E-state index in [9.17, 15) is 10.3 Å². The summed E-state index contributed by atoms with van der Waals surface area (Å²) >= 11 is 1.57. The van der Waals surface area contributed by atoms with E-state index in [0.29, 0.717) is 34.2 Å². The molecule has 1 aromatic heterocycles. The SMILES string of the molecule is CCCc1cc(/C(N)=N/O)c(-c2c(C)csc2C)c(-c2ccc(O)cc2)c1F. The molecule has 3 rings (SSSR count). The maximum absolute atomic E-state index is 15.7. The van der Waals surface area contributed by atoms with Gasteiger partial charge in [0.2, 0.25) is 0 Å². The molecule has 146 valence electrons. The zero-order valence-electron chi connectivity index (χ0n) is 16.1. The number of nitrogens with zero attached hydrogens (tertiary/aromatic N) is 1. The van der Waals surface area contributed by atoms with Gasteiger partial charge in [0.05, 0.1) is 0 Å². The average molecular weight is 399 g/mol. The van der Waals surface area contributed by atoms with E-state index < -0.39 is 0 Å². The largest absolute Gasteiger partial charge is 0.508 e. The first-order chi connectivity index (χ1) is 13.4. The van der Waals surface area contributed by atoms with Gasteiger partial charge in [-0.15, -0.1) is 11.3 Å². The van der Waals surface area contributed by atoms with Gasteiger partial charge >= 0.3 is 0 Å². The van der Waals surface area contributed by atoms with Crippen LogP contribution in [0.4, 0.5) is 4.39 Å². The Morgan fingerprint density at radius 3 is 2.36 bits per heavy atom. The molecule has 0 unspecified atom stereocenters. The molecule has 0 atom stereocenters. The summed E-state index contributed by atoms with van der Waals surface area (Å²) in [4.78, 5) is 1.02. The molecule has 0 saturated carbocycles. The van der Waals surface area contributed by atoms with Gasteiger partial charge in [0.1, 0.15) is 11.6 Å². The molecule has 0 aliphatic rings. The first kappa shape index (κ1) is 19.9. The van der Waals surface area contributed by atoms with Crippen LogP contribution in [-0.2, 0) is 6.42 Å². The van der Waals surface area contributed by atoms with Crippen molar-refractivity contribution in [2.45, 2.75) is 33.6 Å². The van der Waals surface area contributed by atoms with E-state index in [0.717, 1.165) is 22.4 Å². The van der Waals surface area contributed by atoms with Gasteiger partial charge in [0.25, 0.3) is 0 Å². The van der Waals surface area contributed by atoms with Crippen LogP contribution in [-0.4, -0.2) is 16.1 Å². The van der Waals surface area contributed by atoms with Gasteiger partial charge in [-0.3, -0.25) is 0 Å². The van der Waals surface area contributed by atoms with Crippen molar-refractivity contribution in [2.24, 2.45) is 10.9 Å². The van der Waals surface area contributed by atoms with E-state index in [1.54, 1.807) is 29.5 Å². The fourth-order valence-electron chi connectivity index (χ4n) is 3.53. The van der Waals surface area contributed by atoms with Gasteiger partial charge in [-0.25, -0.2) is 4.39 Å². The number of hydrogen-bond donors (Lipinski definition) is 3. The van der Waals surface area contributed by atoms with E-state index in [1.807, 2.05) is 26.2 Å². The van der Waals surface area contributed by atoms with Gasteiger partial charge in [-0.1, -0.05) is 30.6 Å². The minimum Gasteiger partial charge on any atom is -0.508 e. The zero-order chi connectivity index (χ0) is 20.4. The molecule has 0 bridgehead atoms. The van der Waals surface area contributed by atoms with Gasteiger partial charge in [0.15, 0.2) is 5.84 Å². The molecule has 0 fully saturated rings. The Morgan fingerprint density at radius 2 is 1.82 bits per heavy atom. The Bertz CT molecular complexity index is 1020. The predicted molar refractivity (Wildman–Crippen MR) is 113 cm³/mol. The van der Waals surface area contributed by atoms with Crippen molar-refractivity contribution in [1.82, 2.24) is 0 Å². The number of aromatic hydroxyl groups is 1. The average Bonchev–Trinajstić information content (AvgIpc) is 3.01. The molecule has 0 amide bonds. The summed E-state index contributed by atoms with van der Waals surface area (Å²) in [6.45, 7) is 5.92. The smallest absolute Gasteiger partial charge is 0.170 e. The monoisotopic (exact) mass is 398 g/mol. The molecule has 0 aliphatic carbocycles. The first-order valence-corrected chi connectivity index (χ1v) is 9.94. The predicted octanol–water partition coefficient (Wildman–Crippen LogP) is 5.59. The highest BCUT2D eigenvalue weighted by molar-refractivity contribution is 7.10. The van der Waals surface area contributed by atoms with Crippen LogP contribution in [0.25, 0.3) is 22.3 Å². The van der Waals surface area contributed by atoms with E-state index >= 15 is 4.39 Å². The first-order valence-electron chi connectivity index (χ1n) is 9.06. The molecule has 28 heavy (non-hydrogen) atoms. The van der Waals surface area contributed by atoms with Crippen molar-refractivity contribution < 1.29 is 14.7 Å². The molecule has 4 N–H and O–H groups in total. The highest BCUT2D eigenvalue weighted by Crippen LogP contribution is 2.43. The number of aryl methyl sites for hydroxylation is 3. The van der Waals surface area contributed by atoms with E-state index in [2.05, 4.69) is 5.16 Å². The van der Waals surface area contributed by atoms with Gasteiger partial charge < -0.3 is 16.0 Å². The number of hydrogen-bond acceptors (Lipinski definition) is 4. The standard InChI is InChI=1S/C22H23FN2O2S/c1-4-5-15-10-17(22(24)25-27)20(18-12(2)11-28-13(18)3)19(21(15)23)14-6-8-16(26)9-7-14/h6-11,26-27H,4-5H2,1-3H3,(H2,24,25). The second kappa shape index (κ2) is 8.02. The summed E-state index contributed by atoms with van der Waals surface area (Å²) in [7, 11) is 0. The van der Waals surface area contributed by atoms with Crippen LogP contribution in [0.3, 0.4) is 0 Å². The molecule has 0 aliphatic heterocycles. The lowest BCUT2D eigenvalue weighted by Crippen LogP contribution is -2.17. The molecule has 2 aromatic carbocycles. The summed E-state index contributed by atoms with van der Waals surface area (Å²) < 4.78 is 15.7. The maximum atomic E-state index is 15.7. The number of nitrogens with two attached hydrogens (primary N) is 1. The molecule has 0 saturated heterocycles. The van der Waals surface area contributed by atoms with Crippen LogP contribution in [0.1, 0.15) is 34.9 Å². The quantitative estimate of drug-likeness (QED) is 0.227. The fraction of sp³-hybridized carbons (Fsp3) is 0.227. The Morgan fingerprint density at radius 1 is 1.14 bits per heavy atom. The number of benzene rings is 2. The molecule has 0 spiro atoms. The Balaban J connectivity index is 2.49. The minimum atomic E-state index is -0.318. The molecular formula is C22H23FN2O2S. The molecule has 6 heteroatoms. The molecule has 1 heterocycles. The molecule has 3 aromatic rings. The fourth-order valence-corrected chi connectivity index (χ4v) is 4.38.